The number of hydrogen-bond acceptors (Lipinski definition) is 3. The first-order valence-electron chi connectivity index (χ1n) is 9.45. The fourth-order valence-corrected chi connectivity index (χ4v) is 3.03. The van der Waals surface area contributed by atoms with Crippen LogP contribution in [-0.4, -0.2) is 19.8 Å². The summed E-state index contributed by atoms with van der Waals surface area (Å²) in [6.07, 6.45) is 3.36. The molecule has 4 heteroatoms. The zero-order chi connectivity index (χ0) is 18.6. The molecule has 2 rings (SSSR count). The largest absolute Gasteiger partial charge is 0.489 e. The Morgan fingerprint density at radius 1 is 1.00 bits per heavy atom. The van der Waals surface area contributed by atoms with Crippen molar-refractivity contribution in [3.63, 3.8) is 0 Å². The second-order valence-corrected chi connectivity index (χ2v) is 7.38. The Bertz CT molecular complexity index is 660. The van der Waals surface area contributed by atoms with E-state index in [1.54, 1.807) is 0 Å². The van der Waals surface area contributed by atoms with Gasteiger partial charge in [0.25, 0.3) is 0 Å². The number of nitrogens with one attached hydrogen (secondary N) is 1. The maximum atomic E-state index is 6.10. The highest BCUT2D eigenvalue weighted by molar-refractivity contribution is 9.10. The molecule has 0 heterocycles. The molecule has 0 radical (unpaired) electrons. The zero-order valence-corrected chi connectivity index (χ0v) is 17.5. The SMILES string of the molecule is CCCCOCCCNCc1cc(Br)ccc1OCc1ccccc1C. The van der Waals surface area contributed by atoms with Gasteiger partial charge in [0.15, 0.2) is 0 Å². The van der Waals surface area contributed by atoms with Crippen LogP contribution >= 0.6 is 15.9 Å². The van der Waals surface area contributed by atoms with Crippen LogP contribution in [0.25, 0.3) is 0 Å². The minimum absolute atomic E-state index is 0.590. The van der Waals surface area contributed by atoms with Gasteiger partial charge in [-0.05, 0) is 55.6 Å². The fraction of sp³-hybridized carbons (Fsp3) is 0.455. The lowest BCUT2D eigenvalue weighted by Gasteiger charge is -2.14. The van der Waals surface area contributed by atoms with Crippen molar-refractivity contribution in [1.82, 2.24) is 5.32 Å². The molecule has 2 aromatic rings. The van der Waals surface area contributed by atoms with Crippen molar-refractivity contribution in [2.75, 3.05) is 19.8 Å². The summed E-state index contributed by atoms with van der Waals surface area (Å²) in [5.74, 6) is 0.933. The molecule has 0 atom stereocenters. The van der Waals surface area contributed by atoms with Gasteiger partial charge < -0.3 is 14.8 Å². The van der Waals surface area contributed by atoms with Crippen LogP contribution in [-0.2, 0) is 17.9 Å². The maximum absolute atomic E-state index is 6.10. The van der Waals surface area contributed by atoms with Gasteiger partial charge in [-0.2, -0.15) is 0 Å². The molecule has 0 bridgehead atoms. The van der Waals surface area contributed by atoms with Gasteiger partial charge >= 0.3 is 0 Å². The predicted octanol–water partition coefficient (Wildman–Crippen LogP) is 5.63. The van der Waals surface area contributed by atoms with Crippen molar-refractivity contribution in [1.29, 1.82) is 0 Å². The molecule has 3 nitrogen and oxygen atoms in total. The molecular weight excluding hydrogens is 390 g/mol. The Balaban J connectivity index is 1.80. The topological polar surface area (TPSA) is 30.5 Å². The van der Waals surface area contributed by atoms with E-state index in [1.807, 2.05) is 12.1 Å². The summed E-state index contributed by atoms with van der Waals surface area (Å²) in [4.78, 5) is 0. The molecule has 0 unspecified atom stereocenters. The molecule has 0 amide bonds. The quantitative estimate of drug-likeness (QED) is 0.451. The van der Waals surface area contributed by atoms with Gasteiger partial charge in [-0.1, -0.05) is 53.5 Å². The minimum atomic E-state index is 0.590. The first kappa shape index (κ1) is 20.9. The molecule has 0 saturated carbocycles. The number of aryl methyl sites for hydroxylation is 1. The Hall–Kier alpha value is -1.36. The number of ether oxygens (including phenoxy) is 2. The van der Waals surface area contributed by atoms with Gasteiger partial charge in [0.1, 0.15) is 12.4 Å². The van der Waals surface area contributed by atoms with E-state index >= 15 is 0 Å². The lowest BCUT2D eigenvalue weighted by molar-refractivity contribution is 0.128. The summed E-state index contributed by atoms with van der Waals surface area (Å²) in [5.41, 5.74) is 3.64. The first-order chi connectivity index (χ1) is 12.7. The molecule has 0 aromatic heterocycles. The van der Waals surface area contributed by atoms with Crippen molar-refractivity contribution < 1.29 is 9.47 Å². The summed E-state index contributed by atoms with van der Waals surface area (Å²) in [6.45, 7) is 8.31. The van der Waals surface area contributed by atoms with E-state index in [2.05, 4.69) is 65.4 Å². The second-order valence-electron chi connectivity index (χ2n) is 6.46. The van der Waals surface area contributed by atoms with Crippen LogP contribution in [0, 0.1) is 6.92 Å². The average Bonchev–Trinajstić information content (AvgIpc) is 2.64. The van der Waals surface area contributed by atoms with Crippen LogP contribution in [0.2, 0.25) is 0 Å². The summed E-state index contributed by atoms with van der Waals surface area (Å²) in [6, 6.07) is 14.5. The van der Waals surface area contributed by atoms with Gasteiger partial charge in [-0.15, -0.1) is 0 Å². The third-order valence-electron chi connectivity index (χ3n) is 4.27. The molecule has 0 saturated heterocycles. The monoisotopic (exact) mass is 419 g/mol. The highest BCUT2D eigenvalue weighted by Gasteiger charge is 2.06. The van der Waals surface area contributed by atoms with E-state index in [4.69, 9.17) is 9.47 Å². The minimum Gasteiger partial charge on any atom is -0.489 e. The van der Waals surface area contributed by atoms with Crippen LogP contribution in [0.5, 0.6) is 5.75 Å². The van der Waals surface area contributed by atoms with Crippen molar-refractivity contribution in [3.8, 4) is 5.75 Å². The number of rotatable bonds is 12. The molecule has 0 fully saturated rings. The molecule has 0 aliphatic rings. The van der Waals surface area contributed by atoms with E-state index in [9.17, 15) is 0 Å². The zero-order valence-electron chi connectivity index (χ0n) is 15.9. The molecule has 2 aromatic carbocycles. The van der Waals surface area contributed by atoms with E-state index in [1.165, 1.54) is 23.1 Å². The summed E-state index contributed by atoms with van der Waals surface area (Å²) in [5, 5.41) is 3.49. The van der Waals surface area contributed by atoms with E-state index in [0.717, 1.165) is 49.4 Å². The van der Waals surface area contributed by atoms with Crippen LogP contribution in [0.4, 0.5) is 0 Å². The molecule has 0 aliphatic carbocycles. The molecule has 1 N–H and O–H groups in total. The number of halogens is 1. The second kappa shape index (κ2) is 12.1. The van der Waals surface area contributed by atoms with Crippen molar-refractivity contribution in [2.45, 2.75) is 46.3 Å². The highest BCUT2D eigenvalue weighted by atomic mass is 79.9. The summed E-state index contributed by atoms with van der Waals surface area (Å²) < 4.78 is 12.8. The van der Waals surface area contributed by atoms with Gasteiger partial charge in [0, 0.05) is 29.8 Å². The molecule has 26 heavy (non-hydrogen) atoms. The number of benzene rings is 2. The Morgan fingerprint density at radius 3 is 2.62 bits per heavy atom. The molecule has 142 valence electrons. The standard InChI is InChI=1S/C22H30BrNO2/c1-3-4-13-25-14-7-12-24-16-20-15-21(23)10-11-22(20)26-17-19-9-6-5-8-18(19)2/h5-6,8-11,15,24H,3-4,7,12-14,16-17H2,1-2H3. The van der Waals surface area contributed by atoms with Crippen LogP contribution in [0.15, 0.2) is 46.9 Å². The van der Waals surface area contributed by atoms with E-state index in [0.29, 0.717) is 6.61 Å². The number of unbranched alkanes of at least 4 members (excludes halogenated alkanes) is 1. The molecule has 0 aliphatic heterocycles. The average molecular weight is 420 g/mol. The maximum Gasteiger partial charge on any atom is 0.124 e. The highest BCUT2D eigenvalue weighted by Crippen LogP contribution is 2.24. The molecule has 0 spiro atoms. The van der Waals surface area contributed by atoms with E-state index in [-0.39, 0.29) is 0 Å². The van der Waals surface area contributed by atoms with Crippen molar-refractivity contribution in [3.05, 3.63) is 63.6 Å². The molecular formula is C22H30BrNO2. The van der Waals surface area contributed by atoms with Crippen molar-refractivity contribution >= 4 is 15.9 Å². The summed E-state index contributed by atoms with van der Waals surface area (Å²) >= 11 is 3.56. The van der Waals surface area contributed by atoms with Crippen LogP contribution < -0.4 is 10.1 Å². The fourth-order valence-electron chi connectivity index (χ4n) is 2.63. The van der Waals surface area contributed by atoms with Crippen LogP contribution in [0.1, 0.15) is 42.9 Å². The van der Waals surface area contributed by atoms with Crippen LogP contribution in [0.3, 0.4) is 0 Å². The lowest BCUT2D eigenvalue weighted by Crippen LogP contribution is -2.17. The summed E-state index contributed by atoms with van der Waals surface area (Å²) in [7, 11) is 0. The third-order valence-corrected chi connectivity index (χ3v) is 4.76. The Morgan fingerprint density at radius 2 is 1.81 bits per heavy atom. The third kappa shape index (κ3) is 7.48. The van der Waals surface area contributed by atoms with E-state index < -0.39 is 0 Å². The first-order valence-corrected chi connectivity index (χ1v) is 10.2. The Labute approximate surface area is 166 Å². The van der Waals surface area contributed by atoms with Gasteiger partial charge in [-0.25, -0.2) is 0 Å². The van der Waals surface area contributed by atoms with Crippen molar-refractivity contribution in [2.24, 2.45) is 0 Å². The van der Waals surface area contributed by atoms with Gasteiger partial charge in [0.2, 0.25) is 0 Å². The number of hydrogen-bond donors (Lipinski definition) is 1. The lowest BCUT2D eigenvalue weighted by atomic mass is 10.1. The normalized spacial score (nSPS) is 10.9. The smallest absolute Gasteiger partial charge is 0.124 e. The Kier molecular flexibility index (Phi) is 9.75. The van der Waals surface area contributed by atoms with Gasteiger partial charge in [-0.3, -0.25) is 0 Å². The predicted molar refractivity (Wildman–Crippen MR) is 112 cm³/mol. The van der Waals surface area contributed by atoms with Gasteiger partial charge in [0.05, 0.1) is 0 Å².